The van der Waals surface area contributed by atoms with E-state index in [4.69, 9.17) is 0 Å². The molecular weight excluding hydrogens is 460 g/mol. The third-order valence-electron chi connectivity index (χ3n) is 6.15. The maximum absolute atomic E-state index is 12.0. The highest BCUT2D eigenvalue weighted by Gasteiger charge is 2.30. The number of nitrogens with one attached hydrogen (secondary N) is 1. The topological polar surface area (TPSA) is 128 Å². The molecular formula is C24H24N10O2. The minimum absolute atomic E-state index is 0.0132. The molecule has 1 aliphatic carbocycles. The number of nitrogens with zero attached hydrogens (tertiary/aromatic N) is 9. The van der Waals surface area contributed by atoms with Crippen LogP contribution < -0.4 is 5.32 Å². The smallest absolute Gasteiger partial charge is 0.243 e. The van der Waals surface area contributed by atoms with Gasteiger partial charge in [-0.3, -0.25) is 18.7 Å². The highest BCUT2D eigenvalue weighted by Crippen LogP contribution is 2.30. The molecule has 0 spiro atoms. The first-order chi connectivity index (χ1) is 17.4. The van der Waals surface area contributed by atoms with Crippen LogP contribution in [0.5, 0.6) is 0 Å². The number of rotatable bonds is 7. The highest BCUT2D eigenvalue weighted by molar-refractivity contribution is 5.93. The van der Waals surface area contributed by atoms with Gasteiger partial charge >= 0.3 is 0 Å². The highest BCUT2D eigenvalue weighted by atomic mass is 16.2. The molecule has 0 atom stereocenters. The number of fused-ring (bicyclic) bond motifs is 2. The molecule has 0 bridgehead atoms. The van der Waals surface area contributed by atoms with E-state index in [9.17, 15) is 9.59 Å². The van der Waals surface area contributed by atoms with E-state index in [-0.39, 0.29) is 24.3 Å². The first-order valence-electron chi connectivity index (χ1n) is 11.7. The molecule has 1 saturated carbocycles. The van der Waals surface area contributed by atoms with Gasteiger partial charge in [-0.2, -0.15) is 10.2 Å². The Labute approximate surface area is 205 Å². The molecule has 0 unspecified atom stereocenters. The molecule has 36 heavy (non-hydrogen) atoms. The second-order valence-corrected chi connectivity index (χ2v) is 9.17. The van der Waals surface area contributed by atoms with Gasteiger partial charge in [0.1, 0.15) is 12.4 Å². The Morgan fingerprint density at radius 1 is 1.03 bits per heavy atom. The molecule has 0 saturated heterocycles. The van der Waals surface area contributed by atoms with Crippen LogP contribution in [-0.2, 0) is 22.6 Å². The molecule has 12 nitrogen and oxygen atoms in total. The Kier molecular flexibility index (Phi) is 5.20. The molecule has 1 N–H and O–H groups in total. The summed E-state index contributed by atoms with van der Waals surface area (Å²) in [5.41, 5.74) is 3.98. The number of hydrogen-bond donors (Lipinski definition) is 1. The van der Waals surface area contributed by atoms with Crippen LogP contribution in [0.2, 0.25) is 0 Å². The molecule has 0 radical (unpaired) electrons. The summed E-state index contributed by atoms with van der Waals surface area (Å²) in [6, 6.07) is 7.62. The molecule has 12 heteroatoms. The van der Waals surface area contributed by atoms with Crippen LogP contribution in [0, 0.1) is 5.92 Å². The van der Waals surface area contributed by atoms with Gasteiger partial charge in [0.2, 0.25) is 11.8 Å². The minimum atomic E-state index is -0.0269. The standard InChI is InChI=1S/C24H24N10O2/c1-31(2)23(35)14-32-11-17(10-25-32)16-5-7-21-28-29-22(33(21)12-16)9-18-6-8-20-26-19(13-34(20)30-18)27-24(36)15-3-4-15/h5-8,10-13,15H,3-4,9,14H2,1-2H3,(H,27,36). The lowest BCUT2D eigenvalue weighted by atomic mass is 10.1. The van der Waals surface area contributed by atoms with E-state index in [2.05, 4.69) is 30.7 Å². The molecule has 5 heterocycles. The van der Waals surface area contributed by atoms with Crippen LogP contribution in [-0.4, -0.2) is 69.8 Å². The maximum atomic E-state index is 12.0. The fourth-order valence-corrected chi connectivity index (χ4v) is 3.92. The lowest BCUT2D eigenvalue weighted by molar-refractivity contribution is -0.129. The number of anilines is 1. The van der Waals surface area contributed by atoms with Crippen molar-refractivity contribution in [1.82, 2.24) is 43.9 Å². The molecule has 182 valence electrons. The quantitative estimate of drug-likeness (QED) is 0.372. The van der Waals surface area contributed by atoms with E-state index in [1.165, 1.54) is 4.90 Å². The van der Waals surface area contributed by atoms with Crippen LogP contribution in [0.15, 0.2) is 49.1 Å². The first-order valence-corrected chi connectivity index (χ1v) is 11.7. The number of imidazole rings is 1. The lowest BCUT2D eigenvalue weighted by Crippen LogP contribution is -2.26. The van der Waals surface area contributed by atoms with Gasteiger partial charge in [0.05, 0.1) is 24.5 Å². The predicted molar refractivity (Wildman–Crippen MR) is 130 cm³/mol. The molecule has 0 aliphatic heterocycles. The van der Waals surface area contributed by atoms with Crippen molar-refractivity contribution in [3.05, 3.63) is 60.6 Å². The monoisotopic (exact) mass is 484 g/mol. The summed E-state index contributed by atoms with van der Waals surface area (Å²) in [6.45, 7) is 0.182. The zero-order valence-corrected chi connectivity index (χ0v) is 19.9. The number of carbonyl (C=O) groups is 2. The summed E-state index contributed by atoms with van der Waals surface area (Å²) in [7, 11) is 3.44. The fraction of sp³-hybridized carbons (Fsp3) is 0.292. The van der Waals surface area contributed by atoms with E-state index in [0.29, 0.717) is 17.9 Å². The third kappa shape index (κ3) is 4.28. The number of hydrogen-bond acceptors (Lipinski definition) is 7. The number of likely N-dealkylation sites (N-methyl/N-ethyl adjacent to an activating group) is 1. The van der Waals surface area contributed by atoms with Crippen LogP contribution in [0.25, 0.3) is 22.4 Å². The maximum Gasteiger partial charge on any atom is 0.243 e. The van der Waals surface area contributed by atoms with Crippen molar-refractivity contribution in [3.8, 4) is 11.1 Å². The van der Waals surface area contributed by atoms with Crippen LogP contribution >= 0.6 is 0 Å². The van der Waals surface area contributed by atoms with Gasteiger partial charge in [-0.1, -0.05) is 0 Å². The van der Waals surface area contributed by atoms with Gasteiger partial charge in [-0.15, -0.1) is 10.2 Å². The van der Waals surface area contributed by atoms with Gasteiger partial charge in [0.25, 0.3) is 0 Å². The van der Waals surface area contributed by atoms with Crippen molar-refractivity contribution in [1.29, 1.82) is 0 Å². The molecule has 1 fully saturated rings. The lowest BCUT2D eigenvalue weighted by Gasteiger charge is -2.09. The van der Waals surface area contributed by atoms with E-state index >= 15 is 0 Å². The summed E-state index contributed by atoms with van der Waals surface area (Å²) in [6.07, 6.45) is 9.60. The Morgan fingerprint density at radius 3 is 2.67 bits per heavy atom. The molecule has 0 aromatic carbocycles. The predicted octanol–water partition coefficient (Wildman–Crippen LogP) is 1.66. The van der Waals surface area contributed by atoms with Gasteiger partial charge in [0, 0.05) is 43.5 Å². The van der Waals surface area contributed by atoms with E-state index in [1.807, 2.05) is 41.1 Å². The van der Waals surface area contributed by atoms with Gasteiger partial charge in [-0.05, 0) is 37.1 Å². The van der Waals surface area contributed by atoms with Gasteiger partial charge in [0.15, 0.2) is 17.1 Å². The van der Waals surface area contributed by atoms with Crippen molar-refractivity contribution in [3.63, 3.8) is 0 Å². The zero-order chi connectivity index (χ0) is 24.8. The Morgan fingerprint density at radius 2 is 1.86 bits per heavy atom. The number of amides is 2. The average Bonchev–Trinajstić information content (AvgIpc) is 3.30. The fourth-order valence-electron chi connectivity index (χ4n) is 3.92. The summed E-state index contributed by atoms with van der Waals surface area (Å²) >= 11 is 0. The average molecular weight is 485 g/mol. The number of aromatic nitrogens is 8. The summed E-state index contributed by atoms with van der Waals surface area (Å²) in [4.78, 5) is 30.0. The van der Waals surface area contributed by atoms with E-state index < -0.39 is 0 Å². The molecule has 2 amide bonds. The SMILES string of the molecule is CN(C)C(=O)Cn1cc(-c2ccc3nnc(Cc4ccc5nc(NC(=O)C6CC6)cn5n4)n3c2)cn1. The van der Waals surface area contributed by atoms with Gasteiger partial charge < -0.3 is 10.2 Å². The van der Waals surface area contributed by atoms with Crippen LogP contribution in [0.3, 0.4) is 0 Å². The van der Waals surface area contributed by atoms with Crippen LogP contribution in [0.4, 0.5) is 5.82 Å². The molecule has 5 aromatic heterocycles. The van der Waals surface area contributed by atoms with Crippen molar-refractivity contribution in [2.75, 3.05) is 19.4 Å². The first kappa shape index (κ1) is 21.9. The van der Waals surface area contributed by atoms with E-state index in [1.54, 1.807) is 35.7 Å². The summed E-state index contributed by atoms with van der Waals surface area (Å²) < 4.78 is 5.22. The number of carbonyl (C=O) groups excluding carboxylic acids is 2. The minimum Gasteiger partial charge on any atom is -0.347 e. The third-order valence-corrected chi connectivity index (χ3v) is 6.15. The van der Waals surface area contributed by atoms with E-state index in [0.717, 1.165) is 41.1 Å². The number of pyridine rings is 1. The van der Waals surface area contributed by atoms with Gasteiger partial charge in [-0.25, -0.2) is 9.50 Å². The molecule has 5 aromatic rings. The second-order valence-electron chi connectivity index (χ2n) is 9.17. The summed E-state index contributed by atoms with van der Waals surface area (Å²) in [5, 5.41) is 20.5. The van der Waals surface area contributed by atoms with Crippen LogP contribution in [0.1, 0.15) is 24.4 Å². The normalized spacial score (nSPS) is 13.4. The van der Waals surface area contributed by atoms with Crippen molar-refractivity contribution >= 4 is 28.9 Å². The van der Waals surface area contributed by atoms with Crippen molar-refractivity contribution in [2.24, 2.45) is 5.92 Å². The molecule has 6 rings (SSSR count). The summed E-state index contributed by atoms with van der Waals surface area (Å²) in [5.74, 6) is 1.33. The largest absolute Gasteiger partial charge is 0.347 e. The van der Waals surface area contributed by atoms with Crippen molar-refractivity contribution in [2.45, 2.75) is 25.8 Å². The second kappa shape index (κ2) is 8.56. The Bertz CT molecular complexity index is 1610. The van der Waals surface area contributed by atoms with Crippen molar-refractivity contribution < 1.29 is 9.59 Å². The Hall–Kier alpha value is -4.61. The zero-order valence-electron chi connectivity index (χ0n) is 19.9. The molecule has 1 aliphatic rings. The Balaban J connectivity index is 1.23.